The van der Waals surface area contributed by atoms with Gasteiger partial charge in [-0.1, -0.05) is 11.6 Å². The van der Waals surface area contributed by atoms with Crippen molar-refractivity contribution >= 4 is 45.3 Å². The van der Waals surface area contributed by atoms with Gasteiger partial charge in [0.2, 0.25) is 5.91 Å². The number of likely N-dealkylation sites (N-methyl/N-ethyl adjacent to an activating group) is 1. The van der Waals surface area contributed by atoms with Crippen molar-refractivity contribution < 1.29 is 23.9 Å². The van der Waals surface area contributed by atoms with E-state index in [4.69, 9.17) is 21.1 Å². The Labute approximate surface area is 184 Å². The Morgan fingerprint density at radius 1 is 1.31 bits per heavy atom. The van der Waals surface area contributed by atoms with Gasteiger partial charge in [0.15, 0.2) is 6.10 Å². The Bertz CT molecular complexity index is 752. The van der Waals surface area contributed by atoms with E-state index >= 15 is 0 Å². The fraction of sp³-hybridized carbons (Fsp3) is 0.550. The zero-order valence-corrected chi connectivity index (χ0v) is 19.2. The van der Waals surface area contributed by atoms with Crippen LogP contribution in [0.3, 0.4) is 0 Å². The van der Waals surface area contributed by atoms with E-state index in [1.54, 1.807) is 44.0 Å². The van der Waals surface area contributed by atoms with Crippen LogP contribution in [-0.4, -0.2) is 67.0 Å². The zero-order valence-electron chi connectivity index (χ0n) is 16.8. The number of esters is 1. The van der Waals surface area contributed by atoms with E-state index in [1.165, 1.54) is 4.90 Å². The molecule has 1 atom stereocenters. The van der Waals surface area contributed by atoms with Crippen molar-refractivity contribution in [2.24, 2.45) is 5.92 Å². The van der Waals surface area contributed by atoms with Crippen LogP contribution in [0.2, 0.25) is 5.02 Å². The van der Waals surface area contributed by atoms with Gasteiger partial charge in [-0.25, -0.2) is 0 Å². The van der Waals surface area contributed by atoms with E-state index in [2.05, 4.69) is 15.9 Å². The number of nitrogens with zero attached hydrogens (tertiary/aromatic N) is 2. The predicted octanol–water partition coefficient (Wildman–Crippen LogP) is 3.13. The molecule has 7 nitrogen and oxygen atoms in total. The van der Waals surface area contributed by atoms with Crippen LogP contribution in [0.15, 0.2) is 22.7 Å². The molecule has 160 valence electrons. The van der Waals surface area contributed by atoms with E-state index in [-0.39, 0.29) is 30.2 Å². The maximum absolute atomic E-state index is 12.6. The summed E-state index contributed by atoms with van der Waals surface area (Å²) in [6, 6.07) is 5.03. The topological polar surface area (TPSA) is 76.2 Å². The number of piperidine rings is 1. The molecular formula is C20H26BrClN2O5. The van der Waals surface area contributed by atoms with E-state index in [1.807, 2.05) is 0 Å². The lowest BCUT2D eigenvalue weighted by atomic mass is 9.97. The normalized spacial score (nSPS) is 15.6. The number of ether oxygens (including phenoxy) is 2. The lowest BCUT2D eigenvalue weighted by Crippen LogP contribution is -2.47. The smallest absolute Gasteiger partial charge is 0.309 e. The van der Waals surface area contributed by atoms with Gasteiger partial charge < -0.3 is 19.3 Å². The van der Waals surface area contributed by atoms with Gasteiger partial charge in [-0.2, -0.15) is 0 Å². The number of hydrogen-bond donors (Lipinski definition) is 0. The fourth-order valence-electron chi connectivity index (χ4n) is 3.13. The van der Waals surface area contributed by atoms with Gasteiger partial charge in [0.25, 0.3) is 5.91 Å². The lowest BCUT2D eigenvalue weighted by Gasteiger charge is -2.32. The minimum absolute atomic E-state index is 0.0433. The molecule has 29 heavy (non-hydrogen) atoms. The van der Waals surface area contributed by atoms with Crippen LogP contribution in [0.25, 0.3) is 0 Å². The van der Waals surface area contributed by atoms with Gasteiger partial charge in [-0.3, -0.25) is 14.4 Å². The van der Waals surface area contributed by atoms with Crippen molar-refractivity contribution in [3.63, 3.8) is 0 Å². The Balaban J connectivity index is 1.84. The van der Waals surface area contributed by atoms with Crippen LogP contribution in [-0.2, 0) is 19.1 Å². The number of carbonyl (C=O) groups excluding carboxylic acids is 3. The molecule has 0 saturated carbocycles. The van der Waals surface area contributed by atoms with Crippen molar-refractivity contribution in [2.45, 2.75) is 32.8 Å². The Kier molecular flexibility index (Phi) is 8.77. The highest BCUT2D eigenvalue weighted by Crippen LogP contribution is 2.29. The predicted molar refractivity (Wildman–Crippen MR) is 113 cm³/mol. The second-order valence-electron chi connectivity index (χ2n) is 6.94. The first kappa shape index (κ1) is 23.5. The summed E-state index contributed by atoms with van der Waals surface area (Å²) in [6.07, 6.45) is 0.387. The second kappa shape index (κ2) is 10.8. The van der Waals surface area contributed by atoms with Crippen LogP contribution in [0.1, 0.15) is 26.7 Å². The second-order valence-corrected chi connectivity index (χ2v) is 8.23. The first-order valence-corrected chi connectivity index (χ1v) is 10.7. The number of rotatable bonds is 7. The highest BCUT2D eigenvalue weighted by Gasteiger charge is 2.29. The summed E-state index contributed by atoms with van der Waals surface area (Å²) in [5, 5.41) is 0.553. The number of halogens is 2. The third-order valence-corrected chi connectivity index (χ3v) is 5.62. The van der Waals surface area contributed by atoms with Gasteiger partial charge in [0.05, 0.1) is 23.5 Å². The molecular weight excluding hydrogens is 464 g/mol. The molecule has 1 saturated heterocycles. The number of amides is 2. The first-order valence-electron chi connectivity index (χ1n) is 9.54. The van der Waals surface area contributed by atoms with Crippen molar-refractivity contribution in [3.05, 3.63) is 27.7 Å². The Morgan fingerprint density at radius 3 is 2.55 bits per heavy atom. The molecule has 1 fully saturated rings. The summed E-state index contributed by atoms with van der Waals surface area (Å²) in [5.41, 5.74) is 0. The van der Waals surface area contributed by atoms with Gasteiger partial charge in [0.1, 0.15) is 5.75 Å². The molecule has 1 heterocycles. The minimum atomic E-state index is -0.764. The molecule has 1 unspecified atom stereocenters. The molecule has 1 aliphatic heterocycles. The third-order valence-electron chi connectivity index (χ3n) is 4.76. The highest BCUT2D eigenvalue weighted by atomic mass is 79.9. The molecule has 1 aromatic carbocycles. The molecule has 0 aromatic heterocycles. The molecule has 1 aliphatic rings. The number of benzene rings is 1. The molecule has 0 spiro atoms. The SMILES string of the molecule is CCOC(=O)C1CCN(C(=O)CN(C)C(=O)C(C)Oc2ccc(Cl)cc2Br)CC1. The summed E-state index contributed by atoms with van der Waals surface area (Å²) in [5.74, 6) is -0.323. The lowest BCUT2D eigenvalue weighted by molar-refractivity contribution is -0.151. The van der Waals surface area contributed by atoms with Gasteiger partial charge in [-0.15, -0.1) is 0 Å². The van der Waals surface area contributed by atoms with Crippen molar-refractivity contribution in [1.29, 1.82) is 0 Å². The highest BCUT2D eigenvalue weighted by molar-refractivity contribution is 9.10. The summed E-state index contributed by atoms with van der Waals surface area (Å²) >= 11 is 9.26. The molecule has 9 heteroatoms. The molecule has 0 radical (unpaired) electrons. The quantitative estimate of drug-likeness (QED) is 0.550. The standard InChI is InChI=1S/C20H26BrClN2O5/c1-4-28-20(27)14-7-9-24(10-8-14)18(25)12-23(3)19(26)13(2)29-17-6-5-15(22)11-16(17)21/h5-6,11,13-14H,4,7-10,12H2,1-3H3. The fourth-order valence-corrected chi connectivity index (χ4v) is 3.90. The number of carbonyl (C=O) groups is 3. The van der Waals surface area contributed by atoms with Crippen LogP contribution < -0.4 is 4.74 Å². The van der Waals surface area contributed by atoms with Gasteiger partial charge in [-0.05, 0) is 60.8 Å². The van der Waals surface area contributed by atoms with E-state index in [0.29, 0.717) is 47.8 Å². The van der Waals surface area contributed by atoms with Crippen molar-refractivity contribution in [1.82, 2.24) is 9.80 Å². The first-order chi connectivity index (χ1) is 13.7. The molecule has 2 amide bonds. The Hall–Kier alpha value is -1.80. The maximum Gasteiger partial charge on any atom is 0.309 e. The number of likely N-dealkylation sites (tertiary alicyclic amines) is 1. The summed E-state index contributed by atoms with van der Waals surface area (Å²) < 4.78 is 11.4. The average molecular weight is 490 g/mol. The van der Waals surface area contributed by atoms with Gasteiger partial charge >= 0.3 is 5.97 Å². The summed E-state index contributed by atoms with van der Waals surface area (Å²) in [4.78, 5) is 40.0. The van der Waals surface area contributed by atoms with Crippen LogP contribution in [0.4, 0.5) is 0 Å². The van der Waals surface area contributed by atoms with E-state index in [0.717, 1.165) is 0 Å². The van der Waals surface area contributed by atoms with Crippen LogP contribution in [0, 0.1) is 5.92 Å². The molecule has 1 aromatic rings. The summed E-state index contributed by atoms with van der Waals surface area (Å²) in [6.45, 7) is 4.69. The summed E-state index contributed by atoms with van der Waals surface area (Å²) in [7, 11) is 1.57. The molecule has 0 N–H and O–H groups in total. The Morgan fingerprint density at radius 2 is 1.97 bits per heavy atom. The largest absolute Gasteiger partial charge is 0.480 e. The van der Waals surface area contributed by atoms with E-state index in [9.17, 15) is 14.4 Å². The molecule has 0 bridgehead atoms. The average Bonchev–Trinajstić information content (AvgIpc) is 2.69. The number of hydrogen-bond acceptors (Lipinski definition) is 5. The van der Waals surface area contributed by atoms with Gasteiger partial charge in [0, 0.05) is 25.2 Å². The van der Waals surface area contributed by atoms with E-state index < -0.39 is 6.10 Å². The third kappa shape index (κ3) is 6.60. The van der Waals surface area contributed by atoms with Crippen molar-refractivity contribution in [3.8, 4) is 5.75 Å². The zero-order chi connectivity index (χ0) is 21.6. The van der Waals surface area contributed by atoms with Crippen LogP contribution >= 0.6 is 27.5 Å². The molecule has 0 aliphatic carbocycles. The maximum atomic E-state index is 12.6. The molecule has 2 rings (SSSR count). The monoisotopic (exact) mass is 488 g/mol. The van der Waals surface area contributed by atoms with Crippen LogP contribution in [0.5, 0.6) is 5.75 Å². The van der Waals surface area contributed by atoms with Crippen molar-refractivity contribution in [2.75, 3.05) is 33.3 Å². The minimum Gasteiger partial charge on any atom is -0.480 e.